The van der Waals surface area contributed by atoms with Gasteiger partial charge in [-0.25, -0.2) is 8.42 Å². The number of sulfonamides is 1. The first-order valence-corrected chi connectivity index (χ1v) is 8.36. The van der Waals surface area contributed by atoms with Gasteiger partial charge in [-0.05, 0) is 24.6 Å². The van der Waals surface area contributed by atoms with E-state index in [-0.39, 0.29) is 11.5 Å². The summed E-state index contributed by atoms with van der Waals surface area (Å²) in [5.41, 5.74) is 0.635. The van der Waals surface area contributed by atoms with Crippen LogP contribution < -0.4 is 0 Å². The van der Waals surface area contributed by atoms with Crippen molar-refractivity contribution in [1.29, 1.82) is 0 Å². The predicted octanol–water partition coefficient (Wildman–Crippen LogP) is 0.832. The highest BCUT2D eigenvalue weighted by atomic mass is 32.2. The van der Waals surface area contributed by atoms with Crippen LogP contribution in [0.1, 0.15) is 18.4 Å². The van der Waals surface area contributed by atoms with Gasteiger partial charge in [0, 0.05) is 31.7 Å². The van der Waals surface area contributed by atoms with Crippen molar-refractivity contribution >= 4 is 10.0 Å². The maximum atomic E-state index is 12.6. The Balaban J connectivity index is 2.23. The largest absolute Gasteiger partial charge is 0.395 e. The lowest BCUT2D eigenvalue weighted by Gasteiger charge is -2.19. The molecule has 0 amide bonds. The molecular weight excluding hydrogens is 290 g/mol. The normalized spacial score (nSPS) is 16.8. The van der Waals surface area contributed by atoms with Gasteiger partial charge in [0.1, 0.15) is 0 Å². The van der Waals surface area contributed by atoms with Gasteiger partial charge in [-0.15, -0.1) is 0 Å². The van der Waals surface area contributed by atoms with Crippen LogP contribution in [0.25, 0.3) is 0 Å². The van der Waals surface area contributed by atoms with Gasteiger partial charge in [-0.3, -0.25) is 0 Å². The third-order valence-electron chi connectivity index (χ3n) is 3.12. The van der Waals surface area contributed by atoms with Gasteiger partial charge in [0.2, 0.25) is 10.0 Å². The van der Waals surface area contributed by atoms with E-state index in [0.717, 1.165) is 0 Å². The minimum atomic E-state index is -3.50. The molecule has 0 aromatic heterocycles. The summed E-state index contributed by atoms with van der Waals surface area (Å²) in [6.07, 6.45) is 1.08. The summed E-state index contributed by atoms with van der Waals surface area (Å²) in [6, 6.07) is 6.60. The van der Waals surface area contributed by atoms with Crippen LogP contribution in [-0.2, 0) is 14.8 Å². The van der Waals surface area contributed by atoms with E-state index in [2.05, 4.69) is 11.8 Å². The highest BCUT2D eigenvalue weighted by Crippen LogP contribution is 2.18. The highest BCUT2D eigenvalue weighted by Gasteiger charge is 2.25. The molecule has 6 heteroatoms. The van der Waals surface area contributed by atoms with E-state index in [1.54, 1.807) is 24.3 Å². The molecule has 1 aromatic carbocycles. The molecule has 1 N–H and O–H groups in total. The third kappa shape index (κ3) is 4.29. The molecule has 0 saturated carbocycles. The van der Waals surface area contributed by atoms with Gasteiger partial charge >= 0.3 is 0 Å². The Morgan fingerprint density at radius 1 is 1.29 bits per heavy atom. The Hall–Kier alpha value is -1.39. The summed E-state index contributed by atoms with van der Waals surface area (Å²) in [5, 5.41) is 8.71. The Morgan fingerprint density at radius 2 is 2.14 bits per heavy atom. The lowest BCUT2D eigenvalue weighted by molar-refractivity contribution is 0.148. The smallest absolute Gasteiger partial charge is 0.243 e. The van der Waals surface area contributed by atoms with Crippen molar-refractivity contribution in [3.05, 3.63) is 29.8 Å². The number of benzene rings is 1. The van der Waals surface area contributed by atoms with Crippen molar-refractivity contribution in [3.8, 4) is 11.8 Å². The van der Waals surface area contributed by atoms with Crippen molar-refractivity contribution in [3.63, 3.8) is 0 Å². The topological polar surface area (TPSA) is 66.8 Å². The van der Waals surface area contributed by atoms with Crippen molar-refractivity contribution in [2.75, 3.05) is 32.9 Å². The molecule has 1 aliphatic heterocycles. The van der Waals surface area contributed by atoms with Crippen LogP contribution in [0.3, 0.4) is 0 Å². The monoisotopic (exact) mass is 309 g/mol. The van der Waals surface area contributed by atoms with Gasteiger partial charge in [-0.1, -0.05) is 17.9 Å². The van der Waals surface area contributed by atoms with Gasteiger partial charge in [-0.2, -0.15) is 4.31 Å². The molecule has 1 heterocycles. The molecule has 0 aliphatic carbocycles. The minimum Gasteiger partial charge on any atom is -0.395 e. The van der Waals surface area contributed by atoms with Crippen molar-refractivity contribution in [2.24, 2.45) is 0 Å². The molecule has 0 bridgehead atoms. The van der Waals surface area contributed by atoms with E-state index < -0.39 is 10.0 Å². The molecule has 1 saturated heterocycles. The van der Waals surface area contributed by atoms with Crippen molar-refractivity contribution in [1.82, 2.24) is 4.31 Å². The number of aliphatic hydroxyl groups excluding tert-OH is 1. The maximum absolute atomic E-state index is 12.6. The van der Waals surface area contributed by atoms with E-state index in [0.29, 0.717) is 44.7 Å². The van der Waals surface area contributed by atoms with E-state index in [9.17, 15) is 8.42 Å². The Labute approximate surface area is 125 Å². The van der Waals surface area contributed by atoms with Crippen LogP contribution in [-0.4, -0.2) is 50.7 Å². The lowest BCUT2D eigenvalue weighted by Crippen LogP contribution is -2.33. The first kappa shape index (κ1) is 16.0. The number of rotatable bonds is 3. The SMILES string of the molecule is O=S(=O)(c1cccc(C#CCCO)c1)N1CCCOCC1. The fourth-order valence-corrected chi connectivity index (χ4v) is 3.58. The zero-order valence-electron chi connectivity index (χ0n) is 11.8. The number of ether oxygens (including phenoxy) is 1. The Bertz CT molecular complexity index is 623. The number of nitrogens with zero attached hydrogens (tertiary/aromatic N) is 1. The molecule has 1 fully saturated rings. The van der Waals surface area contributed by atoms with E-state index in [4.69, 9.17) is 9.84 Å². The molecular formula is C15H19NO4S. The molecule has 5 nitrogen and oxygen atoms in total. The van der Waals surface area contributed by atoms with Crippen LogP contribution in [0, 0.1) is 11.8 Å². The summed E-state index contributed by atoms with van der Waals surface area (Å²) in [6.45, 7) is 1.87. The average molecular weight is 309 g/mol. The summed E-state index contributed by atoms with van der Waals surface area (Å²) >= 11 is 0. The molecule has 21 heavy (non-hydrogen) atoms. The van der Waals surface area contributed by atoms with E-state index in [1.165, 1.54) is 4.31 Å². The zero-order valence-corrected chi connectivity index (χ0v) is 12.6. The average Bonchev–Trinajstić information content (AvgIpc) is 2.77. The lowest BCUT2D eigenvalue weighted by atomic mass is 10.2. The Morgan fingerprint density at radius 3 is 2.95 bits per heavy atom. The minimum absolute atomic E-state index is 0.00122. The summed E-state index contributed by atoms with van der Waals surface area (Å²) in [5.74, 6) is 5.65. The number of hydrogen-bond acceptors (Lipinski definition) is 4. The molecule has 1 aliphatic rings. The van der Waals surface area contributed by atoms with Gasteiger partial charge in [0.05, 0.1) is 18.1 Å². The second kappa shape index (κ2) is 7.57. The van der Waals surface area contributed by atoms with Crippen LogP contribution >= 0.6 is 0 Å². The second-order valence-corrected chi connectivity index (χ2v) is 6.61. The number of aliphatic hydroxyl groups is 1. The zero-order chi connectivity index (χ0) is 15.1. The fraction of sp³-hybridized carbons (Fsp3) is 0.467. The standard InChI is InChI=1S/C15H19NO4S/c17-10-2-1-5-14-6-3-7-15(13-14)21(18,19)16-8-4-11-20-12-9-16/h3,6-7,13,17H,2,4,8-12H2. The molecule has 0 radical (unpaired) electrons. The molecule has 1 aromatic rings. The summed E-state index contributed by atoms with van der Waals surface area (Å²) in [7, 11) is -3.50. The van der Waals surface area contributed by atoms with Crippen LogP contribution in [0.2, 0.25) is 0 Å². The second-order valence-electron chi connectivity index (χ2n) is 4.67. The van der Waals surface area contributed by atoms with E-state index in [1.807, 2.05) is 0 Å². The van der Waals surface area contributed by atoms with Gasteiger partial charge in [0.15, 0.2) is 0 Å². The third-order valence-corrected chi connectivity index (χ3v) is 5.02. The quantitative estimate of drug-likeness (QED) is 0.840. The summed E-state index contributed by atoms with van der Waals surface area (Å²) in [4.78, 5) is 0.250. The maximum Gasteiger partial charge on any atom is 0.243 e. The van der Waals surface area contributed by atoms with Crippen LogP contribution in [0.4, 0.5) is 0 Å². The fourth-order valence-electron chi connectivity index (χ4n) is 2.07. The van der Waals surface area contributed by atoms with Crippen molar-refractivity contribution in [2.45, 2.75) is 17.7 Å². The Kier molecular flexibility index (Phi) is 5.76. The molecule has 2 rings (SSSR count). The van der Waals surface area contributed by atoms with Crippen LogP contribution in [0.15, 0.2) is 29.2 Å². The molecule has 0 atom stereocenters. The van der Waals surface area contributed by atoms with E-state index >= 15 is 0 Å². The first-order valence-electron chi connectivity index (χ1n) is 6.92. The van der Waals surface area contributed by atoms with Gasteiger partial charge in [0.25, 0.3) is 0 Å². The highest BCUT2D eigenvalue weighted by molar-refractivity contribution is 7.89. The summed E-state index contributed by atoms with van der Waals surface area (Å²) < 4.78 is 32.0. The first-order chi connectivity index (χ1) is 10.1. The van der Waals surface area contributed by atoms with Gasteiger partial charge < -0.3 is 9.84 Å². The van der Waals surface area contributed by atoms with Crippen LogP contribution in [0.5, 0.6) is 0 Å². The van der Waals surface area contributed by atoms with Crippen molar-refractivity contribution < 1.29 is 18.3 Å². The molecule has 0 unspecified atom stereocenters. The predicted molar refractivity (Wildman–Crippen MR) is 79.2 cm³/mol. The molecule has 0 spiro atoms. The molecule has 114 valence electrons. The number of hydrogen-bond donors (Lipinski definition) is 1.